The summed E-state index contributed by atoms with van der Waals surface area (Å²) in [5, 5.41) is 9.36. The molecule has 0 radical (unpaired) electrons. The van der Waals surface area contributed by atoms with Crippen LogP contribution in [0, 0.1) is 0 Å². The molecule has 2 aromatic heterocycles. The van der Waals surface area contributed by atoms with E-state index in [2.05, 4.69) is 15.5 Å². The molecule has 0 atom stereocenters. The van der Waals surface area contributed by atoms with E-state index in [1.165, 1.54) is 7.11 Å². The molecule has 2 N–H and O–H groups in total. The summed E-state index contributed by atoms with van der Waals surface area (Å²) >= 11 is 6.02. The van der Waals surface area contributed by atoms with Crippen molar-refractivity contribution in [1.82, 2.24) is 10.1 Å². The van der Waals surface area contributed by atoms with Gasteiger partial charge in [-0.15, -0.1) is 0 Å². The van der Waals surface area contributed by atoms with Crippen LogP contribution in [0.5, 0.6) is 5.88 Å². The van der Waals surface area contributed by atoms with Gasteiger partial charge in [-0.1, -0.05) is 11.6 Å². The van der Waals surface area contributed by atoms with Crippen molar-refractivity contribution in [3.05, 3.63) is 63.4 Å². The Morgan fingerprint density at radius 2 is 2.12 bits per heavy atom. The van der Waals surface area contributed by atoms with E-state index in [0.29, 0.717) is 28.6 Å². The fourth-order valence-electron chi connectivity index (χ4n) is 2.72. The Morgan fingerprint density at radius 1 is 1.24 bits per heavy atom. The molecule has 0 aliphatic heterocycles. The topological polar surface area (TPSA) is 80.2 Å². The van der Waals surface area contributed by atoms with Crippen LogP contribution in [0.2, 0.25) is 5.02 Å². The number of H-pyrrole nitrogens is 1. The molecule has 0 amide bonds. The molecular weight excluding hydrogens is 342 g/mol. The fraction of sp³-hybridized carbons (Fsp3) is 0.111. The summed E-state index contributed by atoms with van der Waals surface area (Å²) in [5.41, 5.74) is 2.71. The number of aromatic nitrogens is 2. The molecule has 2 aromatic carbocycles. The third kappa shape index (κ3) is 2.92. The number of rotatable bonds is 4. The molecule has 4 aromatic rings. The van der Waals surface area contributed by atoms with Crippen LogP contribution >= 0.6 is 11.6 Å². The zero-order chi connectivity index (χ0) is 17.4. The van der Waals surface area contributed by atoms with Crippen LogP contribution in [0.15, 0.2) is 51.8 Å². The van der Waals surface area contributed by atoms with Crippen molar-refractivity contribution in [2.75, 3.05) is 12.4 Å². The number of anilines is 1. The van der Waals surface area contributed by atoms with Crippen molar-refractivity contribution in [3.8, 4) is 5.88 Å². The van der Waals surface area contributed by atoms with E-state index in [0.717, 1.165) is 22.0 Å². The van der Waals surface area contributed by atoms with Gasteiger partial charge >= 0.3 is 0 Å². The molecular formula is C18H14ClN3O3. The van der Waals surface area contributed by atoms with Crippen molar-refractivity contribution in [1.29, 1.82) is 0 Å². The van der Waals surface area contributed by atoms with Crippen molar-refractivity contribution >= 4 is 39.2 Å². The number of hydrogen-bond acceptors (Lipinski definition) is 5. The van der Waals surface area contributed by atoms with E-state index < -0.39 is 0 Å². The van der Waals surface area contributed by atoms with Gasteiger partial charge in [0.2, 0.25) is 0 Å². The monoisotopic (exact) mass is 355 g/mol. The number of aromatic amines is 1. The van der Waals surface area contributed by atoms with E-state index in [9.17, 15) is 4.79 Å². The smallest absolute Gasteiger partial charge is 0.261 e. The van der Waals surface area contributed by atoms with Gasteiger partial charge < -0.3 is 19.6 Å². The predicted octanol–water partition coefficient (Wildman–Crippen LogP) is 3.94. The number of benzene rings is 2. The molecule has 0 aliphatic carbocycles. The molecule has 0 saturated carbocycles. The number of fused-ring (bicyclic) bond motifs is 2. The first-order valence-corrected chi connectivity index (χ1v) is 8.00. The average Bonchev–Trinajstić information content (AvgIpc) is 3.02. The Hall–Kier alpha value is -2.99. The number of methoxy groups -OCH3 is 1. The maximum absolute atomic E-state index is 12.2. The minimum atomic E-state index is -0.133. The highest BCUT2D eigenvalue weighted by Crippen LogP contribution is 2.27. The lowest BCUT2D eigenvalue weighted by Gasteiger charge is -2.07. The highest BCUT2D eigenvalue weighted by molar-refractivity contribution is 6.31. The van der Waals surface area contributed by atoms with Gasteiger partial charge in [-0.3, -0.25) is 4.79 Å². The van der Waals surface area contributed by atoms with Crippen LogP contribution in [0.3, 0.4) is 0 Å². The summed E-state index contributed by atoms with van der Waals surface area (Å²) in [6.45, 7) is 0.372. The normalized spacial score (nSPS) is 11.1. The van der Waals surface area contributed by atoms with Crippen LogP contribution in [-0.4, -0.2) is 17.3 Å². The number of ether oxygens (including phenoxy) is 1. The van der Waals surface area contributed by atoms with Crippen molar-refractivity contribution < 1.29 is 9.26 Å². The first-order valence-electron chi connectivity index (χ1n) is 7.63. The highest BCUT2D eigenvalue weighted by atomic mass is 35.5. The zero-order valence-electron chi connectivity index (χ0n) is 13.3. The Balaban J connectivity index is 1.63. The number of pyridine rings is 1. The third-order valence-corrected chi connectivity index (χ3v) is 4.23. The lowest BCUT2D eigenvalue weighted by atomic mass is 10.1. The van der Waals surface area contributed by atoms with Crippen molar-refractivity contribution in [2.45, 2.75) is 6.54 Å². The number of hydrogen-bond donors (Lipinski definition) is 2. The maximum atomic E-state index is 12.2. The number of halogens is 1. The van der Waals surface area contributed by atoms with Gasteiger partial charge in [0.25, 0.3) is 11.4 Å². The van der Waals surface area contributed by atoms with Gasteiger partial charge in [-0.25, -0.2) is 0 Å². The SMILES string of the molecule is COc1noc2ccc(NCc3cc4cc(Cl)ccc4[nH]c3=O)cc12. The minimum Gasteiger partial charge on any atom is -0.478 e. The zero-order valence-corrected chi connectivity index (χ0v) is 14.1. The average molecular weight is 356 g/mol. The van der Waals surface area contributed by atoms with Crippen molar-refractivity contribution in [2.24, 2.45) is 0 Å². The van der Waals surface area contributed by atoms with Gasteiger partial charge in [-0.05, 0) is 47.6 Å². The molecule has 0 bridgehead atoms. The van der Waals surface area contributed by atoms with Gasteiger partial charge in [0.1, 0.15) is 0 Å². The van der Waals surface area contributed by atoms with Gasteiger partial charge in [0.15, 0.2) is 5.58 Å². The third-order valence-electron chi connectivity index (χ3n) is 4.00. The van der Waals surface area contributed by atoms with Gasteiger partial charge in [-0.2, -0.15) is 0 Å². The highest BCUT2D eigenvalue weighted by Gasteiger charge is 2.09. The maximum Gasteiger partial charge on any atom is 0.261 e. The second kappa shape index (κ2) is 6.14. The molecule has 6 nitrogen and oxygen atoms in total. The molecule has 2 heterocycles. The summed E-state index contributed by atoms with van der Waals surface area (Å²) < 4.78 is 10.3. The molecule has 7 heteroatoms. The standard InChI is InChI=1S/C18H14ClN3O3/c1-24-18-14-8-13(3-5-16(14)25-22-18)20-9-11-6-10-7-12(19)2-4-15(10)21-17(11)23/h2-8,20H,9H2,1H3,(H,21,23). The van der Waals surface area contributed by atoms with E-state index in [1.54, 1.807) is 18.2 Å². The molecule has 4 rings (SSSR count). The van der Waals surface area contributed by atoms with Crippen LogP contribution in [-0.2, 0) is 6.54 Å². The molecule has 0 unspecified atom stereocenters. The lowest BCUT2D eigenvalue weighted by Crippen LogP contribution is -2.15. The first kappa shape index (κ1) is 15.5. The molecule has 0 fully saturated rings. The number of nitrogens with one attached hydrogen (secondary N) is 2. The van der Waals surface area contributed by atoms with E-state index >= 15 is 0 Å². The van der Waals surface area contributed by atoms with E-state index in [1.807, 2.05) is 24.3 Å². The summed E-state index contributed by atoms with van der Waals surface area (Å²) in [5.74, 6) is 0.428. The number of nitrogens with zero attached hydrogens (tertiary/aromatic N) is 1. The summed E-state index contributed by atoms with van der Waals surface area (Å²) in [6, 6.07) is 12.7. The van der Waals surface area contributed by atoms with Gasteiger partial charge in [0.05, 0.1) is 12.5 Å². The van der Waals surface area contributed by atoms with Crippen LogP contribution in [0.25, 0.3) is 21.9 Å². The summed E-state index contributed by atoms with van der Waals surface area (Å²) in [7, 11) is 1.54. The second-order valence-electron chi connectivity index (χ2n) is 5.61. The molecule has 126 valence electrons. The Kier molecular flexibility index (Phi) is 3.82. The van der Waals surface area contributed by atoms with E-state index in [-0.39, 0.29) is 5.56 Å². The van der Waals surface area contributed by atoms with E-state index in [4.69, 9.17) is 20.9 Å². The van der Waals surface area contributed by atoms with Crippen molar-refractivity contribution in [3.63, 3.8) is 0 Å². The van der Waals surface area contributed by atoms with Crippen LogP contribution < -0.4 is 15.6 Å². The molecule has 0 saturated heterocycles. The quantitative estimate of drug-likeness (QED) is 0.579. The Bertz CT molecular complexity index is 1130. The summed E-state index contributed by atoms with van der Waals surface area (Å²) in [6.07, 6.45) is 0. The Morgan fingerprint density at radius 3 is 2.96 bits per heavy atom. The Labute approximate surface area is 147 Å². The minimum absolute atomic E-state index is 0.133. The summed E-state index contributed by atoms with van der Waals surface area (Å²) in [4.78, 5) is 15.1. The van der Waals surface area contributed by atoms with Gasteiger partial charge in [0, 0.05) is 33.7 Å². The predicted molar refractivity (Wildman–Crippen MR) is 97.5 cm³/mol. The van der Waals surface area contributed by atoms with Crippen LogP contribution in [0.4, 0.5) is 5.69 Å². The van der Waals surface area contributed by atoms with Crippen LogP contribution in [0.1, 0.15) is 5.56 Å². The fourth-order valence-corrected chi connectivity index (χ4v) is 2.91. The molecule has 0 aliphatic rings. The largest absolute Gasteiger partial charge is 0.478 e. The molecule has 0 spiro atoms. The lowest BCUT2D eigenvalue weighted by molar-refractivity contribution is 0.350. The second-order valence-corrected chi connectivity index (χ2v) is 6.05. The molecule has 25 heavy (non-hydrogen) atoms. The first-order chi connectivity index (χ1) is 12.1.